The zero-order valence-corrected chi connectivity index (χ0v) is 19.9. The molecule has 1 aliphatic carbocycles. The molecule has 2 aliphatic rings. The van der Waals surface area contributed by atoms with E-state index in [-0.39, 0.29) is 11.5 Å². The molecule has 0 bridgehead atoms. The second-order valence-electron chi connectivity index (χ2n) is 9.90. The van der Waals surface area contributed by atoms with Crippen molar-refractivity contribution in [1.29, 1.82) is 0 Å². The molecular weight excluding hydrogens is 412 g/mol. The maximum absolute atomic E-state index is 13.7. The minimum atomic E-state index is -1.00. The van der Waals surface area contributed by atoms with Crippen molar-refractivity contribution in [3.63, 3.8) is 0 Å². The first-order valence-electron chi connectivity index (χ1n) is 12.2. The van der Waals surface area contributed by atoms with Crippen LogP contribution in [0.1, 0.15) is 92.3 Å². The quantitative estimate of drug-likeness (QED) is 0.574. The molecule has 1 saturated carbocycles. The lowest BCUT2D eigenvalue weighted by molar-refractivity contribution is -0.120. The topological polar surface area (TPSA) is 70.0 Å². The SMILES string of the molecule is CC1=N[C@@H](CC(C)C)C(=O)N(Cc2ccc(C3CCCCC3)cc2)c2cc(C(=O)O)ccc21. The van der Waals surface area contributed by atoms with Gasteiger partial charge in [0.2, 0.25) is 0 Å². The molecule has 0 aromatic heterocycles. The number of amides is 1. The van der Waals surface area contributed by atoms with E-state index in [1.54, 1.807) is 23.1 Å². The second-order valence-corrected chi connectivity index (χ2v) is 9.90. The molecule has 1 aliphatic heterocycles. The lowest BCUT2D eigenvalue weighted by atomic mass is 9.84. The van der Waals surface area contributed by atoms with Crippen LogP contribution in [0.25, 0.3) is 0 Å². The smallest absolute Gasteiger partial charge is 0.335 e. The van der Waals surface area contributed by atoms with Gasteiger partial charge in [-0.15, -0.1) is 0 Å². The minimum absolute atomic E-state index is 0.0688. The maximum Gasteiger partial charge on any atom is 0.335 e. The van der Waals surface area contributed by atoms with E-state index in [9.17, 15) is 14.7 Å². The summed E-state index contributed by atoms with van der Waals surface area (Å²) in [6.45, 7) is 6.49. The van der Waals surface area contributed by atoms with Gasteiger partial charge in [-0.1, -0.05) is 63.4 Å². The molecule has 33 heavy (non-hydrogen) atoms. The monoisotopic (exact) mass is 446 g/mol. The molecule has 1 N–H and O–H groups in total. The van der Waals surface area contributed by atoms with Gasteiger partial charge in [0, 0.05) is 11.3 Å². The van der Waals surface area contributed by atoms with Gasteiger partial charge in [0.05, 0.1) is 17.8 Å². The van der Waals surface area contributed by atoms with Crippen LogP contribution in [0, 0.1) is 5.92 Å². The van der Waals surface area contributed by atoms with Gasteiger partial charge in [-0.25, -0.2) is 4.79 Å². The highest BCUT2D eigenvalue weighted by atomic mass is 16.4. The number of benzene rings is 2. The number of nitrogens with zero attached hydrogens (tertiary/aromatic N) is 2. The fraction of sp³-hybridized carbons (Fsp3) is 0.464. The van der Waals surface area contributed by atoms with Crippen LogP contribution in [0.5, 0.6) is 0 Å². The van der Waals surface area contributed by atoms with Gasteiger partial charge in [0.1, 0.15) is 6.04 Å². The highest BCUT2D eigenvalue weighted by Crippen LogP contribution is 2.34. The van der Waals surface area contributed by atoms with E-state index >= 15 is 0 Å². The summed E-state index contributed by atoms with van der Waals surface area (Å²) < 4.78 is 0. The molecule has 5 heteroatoms. The van der Waals surface area contributed by atoms with Crippen molar-refractivity contribution in [2.45, 2.75) is 77.8 Å². The van der Waals surface area contributed by atoms with E-state index in [0.717, 1.165) is 16.8 Å². The molecule has 1 fully saturated rings. The molecule has 1 heterocycles. The van der Waals surface area contributed by atoms with E-state index in [4.69, 9.17) is 4.99 Å². The average molecular weight is 447 g/mol. The van der Waals surface area contributed by atoms with Crippen molar-refractivity contribution in [2.24, 2.45) is 10.9 Å². The number of carbonyl (C=O) groups excluding carboxylic acids is 1. The second kappa shape index (κ2) is 9.90. The van der Waals surface area contributed by atoms with Gasteiger partial charge in [0.25, 0.3) is 5.91 Å². The van der Waals surface area contributed by atoms with Crippen LogP contribution in [0.15, 0.2) is 47.5 Å². The highest BCUT2D eigenvalue weighted by molar-refractivity contribution is 6.12. The molecule has 0 unspecified atom stereocenters. The fourth-order valence-corrected chi connectivity index (χ4v) is 5.13. The van der Waals surface area contributed by atoms with E-state index in [1.807, 2.05) is 6.92 Å². The first-order valence-corrected chi connectivity index (χ1v) is 12.2. The third-order valence-corrected chi connectivity index (χ3v) is 6.92. The largest absolute Gasteiger partial charge is 0.478 e. The fourth-order valence-electron chi connectivity index (χ4n) is 5.13. The predicted molar refractivity (Wildman–Crippen MR) is 132 cm³/mol. The minimum Gasteiger partial charge on any atom is -0.478 e. The Morgan fingerprint density at radius 1 is 1.09 bits per heavy atom. The van der Waals surface area contributed by atoms with Crippen molar-refractivity contribution in [3.8, 4) is 0 Å². The van der Waals surface area contributed by atoms with Crippen molar-refractivity contribution in [2.75, 3.05) is 4.90 Å². The first kappa shape index (κ1) is 23.2. The number of fused-ring (bicyclic) bond motifs is 1. The third-order valence-electron chi connectivity index (χ3n) is 6.92. The standard InChI is InChI=1S/C28H34N2O3/c1-18(2)15-25-27(31)30(26-16-23(28(32)33)13-14-24(26)19(3)29-25)17-20-9-11-22(12-10-20)21-7-5-4-6-8-21/h9-14,16,18,21,25H,4-8,15,17H2,1-3H3,(H,32,33)/t25-/m0/s1. The Morgan fingerprint density at radius 3 is 2.42 bits per heavy atom. The summed E-state index contributed by atoms with van der Waals surface area (Å²) >= 11 is 0. The van der Waals surface area contributed by atoms with Gasteiger partial charge in [-0.3, -0.25) is 9.79 Å². The number of aromatic carboxylic acids is 1. The Kier molecular flexibility index (Phi) is 6.96. The number of benzodiazepines with no additional fused rings is 1. The van der Waals surface area contributed by atoms with Crippen LogP contribution in [0.2, 0.25) is 0 Å². The lowest BCUT2D eigenvalue weighted by Gasteiger charge is -2.27. The van der Waals surface area contributed by atoms with Gasteiger partial charge in [-0.2, -0.15) is 0 Å². The molecule has 2 aromatic carbocycles. The predicted octanol–water partition coefficient (Wildman–Crippen LogP) is 6.20. The lowest BCUT2D eigenvalue weighted by Crippen LogP contribution is -2.38. The number of hydrogen-bond acceptors (Lipinski definition) is 3. The number of hydrogen-bond donors (Lipinski definition) is 1. The normalized spacial score (nSPS) is 19.3. The number of rotatable bonds is 6. The molecule has 0 radical (unpaired) electrons. The third kappa shape index (κ3) is 5.18. The Hall–Kier alpha value is -2.95. The summed E-state index contributed by atoms with van der Waals surface area (Å²) in [4.78, 5) is 31.8. The number of carboxylic acid groups (broad SMARTS) is 1. The van der Waals surface area contributed by atoms with Crippen LogP contribution in [0.3, 0.4) is 0 Å². The molecule has 0 spiro atoms. The molecular formula is C28H34N2O3. The number of carbonyl (C=O) groups is 2. The Morgan fingerprint density at radius 2 is 1.79 bits per heavy atom. The summed E-state index contributed by atoms with van der Waals surface area (Å²) in [6, 6.07) is 13.2. The molecule has 1 atom stereocenters. The van der Waals surface area contributed by atoms with Crippen molar-refractivity contribution in [1.82, 2.24) is 0 Å². The van der Waals surface area contributed by atoms with Crippen LogP contribution < -0.4 is 4.90 Å². The Bertz CT molecular complexity index is 1050. The van der Waals surface area contributed by atoms with E-state index in [1.165, 1.54) is 37.7 Å². The van der Waals surface area contributed by atoms with Crippen LogP contribution in [-0.2, 0) is 11.3 Å². The van der Waals surface area contributed by atoms with Gasteiger partial charge < -0.3 is 10.0 Å². The molecule has 4 rings (SSSR count). The molecule has 174 valence electrons. The zero-order chi connectivity index (χ0) is 23.5. The van der Waals surface area contributed by atoms with Gasteiger partial charge >= 0.3 is 5.97 Å². The molecule has 0 saturated heterocycles. The first-order chi connectivity index (χ1) is 15.8. The molecule has 5 nitrogen and oxygen atoms in total. The summed E-state index contributed by atoms with van der Waals surface area (Å²) in [5.41, 5.74) is 4.82. The highest BCUT2D eigenvalue weighted by Gasteiger charge is 2.31. The van der Waals surface area contributed by atoms with E-state index in [2.05, 4.69) is 38.1 Å². The number of carboxylic acids is 1. The van der Waals surface area contributed by atoms with Crippen LogP contribution in [0.4, 0.5) is 5.69 Å². The summed E-state index contributed by atoms with van der Waals surface area (Å²) in [7, 11) is 0. The Labute approximate surface area is 196 Å². The van der Waals surface area contributed by atoms with Crippen molar-refractivity contribution >= 4 is 23.3 Å². The van der Waals surface area contributed by atoms with E-state index in [0.29, 0.717) is 30.5 Å². The van der Waals surface area contributed by atoms with Crippen molar-refractivity contribution in [3.05, 3.63) is 64.7 Å². The number of anilines is 1. The molecule has 1 amide bonds. The van der Waals surface area contributed by atoms with Crippen LogP contribution in [-0.4, -0.2) is 28.7 Å². The summed E-state index contributed by atoms with van der Waals surface area (Å²) in [5, 5.41) is 9.56. The van der Waals surface area contributed by atoms with E-state index < -0.39 is 12.0 Å². The zero-order valence-electron chi connectivity index (χ0n) is 19.9. The van der Waals surface area contributed by atoms with Gasteiger partial charge in [0.15, 0.2) is 0 Å². The summed E-state index contributed by atoms with van der Waals surface area (Å²) in [5.74, 6) is -0.110. The van der Waals surface area contributed by atoms with Gasteiger partial charge in [-0.05, 0) is 61.3 Å². The average Bonchev–Trinajstić information content (AvgIpc) is 2.90. The number of aliphatic imine (C=N–C) groups is 1. The summed E-state index contributed by atoms with van der Waals surface area (Å²) in [6.07, 6.45) is 7.10. The Balaban J connectivity index is 1.68. The van der Waals surface area contributed by atoms with Crippen LogP contribution >= 0.6 is 0 Å². The molecule has 2 aromatic rings. The maximum atomic E-state index is 13.7. The van der Waals surface area contributed by atoms with Crippen molar-refractivity contribution < 1.29 is 14.7 Å².